The number of rotatable bonds is 8. The van der Waals surface area contributed by atoms with Crippen LogP contribution in [0.2, 0.25) is 0 Å². The van der Waals surface area contributed by atoms with Crippen LogP contribution in [0.25, 0.3) is 0 Å². The average molecular weight is 312 g/mol. The summed E-state index contributed by atoms with van der Waals surface area (Å²) in [6.07, 6.45) is 1.31. The van der Waals surface area contributed by atoms with E-state index in [-0.39, 0.29) is 6.61 Å². The summed E-state index contributed by atoms with van der Waals surface area (Å²) < 4.78 is 6.81. The first-order chi connectivity index (χ1) is 10.4. The molecule has 0 amide bonds. The second kappa shape index (κ2) is 8.62. The van der Waals surface area contributed by atoms with Crippen LogP contribution in [-0.2, 0) is 4.74 Å². The molecule has 1 heterocycles. The van der Waals surface area contributed by atoms with Crippen molar-refractivity contribution in [3.63, 3.8) is 0 Å². The van der Waals surface area contributed by atoms with Gasteiger partial charge in [0.1, 0.15) is 12.3 Å². The van der Waals surface area contributed by atoms with Crippen molar-refractivity contribution in [1.29, 1.82) is 0 Å². The molecule has 0 aliphatic rings. The highest BCUT2D eigenvalue weighted by atomic mass is 16.5. The zero-order chi connectivity index (χ0) is 16.7. The Morgan fingerprint density at radius 3 is 2.73 bits per heavy atom. The van der Waals surface area contributed by atoms with Gasteiger partial charge >= 0.3 is 5.69 Å². The van der Waals surface area contributed by atoms with E-state index in [1.165, 1.54) is 10.8 Å². The van der Waals surface area contributed by atoms with Crippen LogP contribution in [0.5, 0.6) is 0 Å². The van der Waals surface area contributed by atoms with Crippen molar-refractivity contribution in [1.82, 2.24) is 14.5 Å². The molecule has 1 aromatic rings. The smallest absolute Gasteiger partial charge is 0.351 e. The van der Waals surface area contributed by atoms with Crippen molar-refractivity contribution in [3.8, 4) is 0 Å². The highest BCUT2D eigenvalue weighted by Gasteiger charge is 2.21. The van der Waals surface area contributed by atoms with E-state index in [0.717, 1.165) is 0 Å². The minimum atomic E-state index is -0.792. The van der Waals surface area contributed by atoms with Crippen LogP contribution in [0, 0.1) is 0 Å². The fraction of sp³-hybridized carbons (Fsp3) is 0.643. The minimum Gasteiger partial charge on any atom is -0.394 e. The lowest BCUT2D eigenvalue weighted by molar-refractivity contribution is -0.118. The lowest BCUT2D eigenvalue weighted by atomic mass is 10.1. The molecule has 2 N–H and O–H groups in total. The fourth-order valence-corrected chi connectivity index (χ4v) is 1.76. The number of aliphatic hydroxyl groups is 2. The number of nitrogens with zero attached hydrogens (tertiary/aromatic N) is 4. The van der Waals surface area contributed by atoms with Crippen molar-refractivity contribution >= 4 is 12.2 Å². The molecule has 1 aromatic heterocycles. The Hall–Kier alpha value is -1.77. The molecule has 22 heavy (non-hydrogen) atoms. The second-order valence-electron chi connectivity index (χ2n) is 5.12. The Kier molecular flexibility index (Phi) is 7.16. The van der Waals surface area contributed by atoms with Gasteiger partial charge in [-0.25, -0.2) is 9.79 Å². The van der Waals surface area contributed by atoms with Crippen molar-refractivity contribution in [2.24, 2.45) is 4.99 Å². The van der Waals surface area contributed by atoms with E-state index >= 15 is 0 Å². The van der Waals surface area contributed by atoms with Gasteiger partial charge in [0.05, 0.1) is 19.0 Å². The van der Waals surface area contributed by atoms with E-state index in [1.807, 2.05) is 14.1 Å². The Morgan fingerprint density at radius 1 is 1.55 bits per heavy atom. The van der Waals surface area contributed by atoms with E-state index in [2.05, 4.69) is 9.98 Å². The molecule has 0 saturated heterocycles. The molecule has 3 atom stereocenters. The van der Waals surface area contributed by atoms with Crippen LogP contribution in [0.3, 0.4) is 0 Å². The summed E-state index contributed by atoms with van der Waals surface area (Å²) in [4.78, 5) is 21.6. The van der Waals surface area contributed by atoms with Crippen molar-refractivity contribution in [2.45, 2.75) is 38.7 Å². The largest absolute Gasteiger partial charge is 0.394 e. The molecule has 0 spiro atoms. The van der Waals surface area contributed by atoms with Gasteiger partial charge in [-0.1, -0.05) is 6.92 Å². The molecule has 1 unspecified atom stereocenters. The summed E-state index contributed by atoms with van der Waals surface area (Å²) >= 11 is 0. The lowest BCUT2D eigenvalue weighted by Crippen LogP contribution is -2.36. The minimum absolute atomic E-state index is 0.300. The van der Waals surface area contributed by atoms with E-state index in [9.17, 15) is 15.0 Å². The molecule has 0 fully saturated rings. The third kappa shape index (κ3) is 5.21. The first-order valence-electron chi connectivity index (χ1n) is 7.13. The number of ether oxygens (including phenoxy) is 1. The second-order valence-corrected chi connectivity index (χ2v) is 5.12. The molecule has 0 aliphatic heterocycles. The Labute approximate surface area is 129 Å². The van der Waals surface area contributed by atoms with Gasteiger partial charge in [0, 0.05) is 20.3 Å². The molecular formula is C14H24N4O4. The average Bonchev–Trinajstić information content (AvgIpc) is 2.49. The maximum absolute atomic E-state index is 12.0. The van der Waals surface area contributed by atoms with E-state index in [0.29, 0.717) is 12.2 Å². The zero-order valence-electron chi connectivity index (χ0n) is 13.4. The van der Waals surface area contributed by atoms with Gasteiger partial charge in [-0.3, -0.25) is 4.57 Å². The van der Waals surface area contributed by atoms with Gasteiger partial charge in [0.25, 0.3) is 0 Å². The topological polar surface area (TPSA) is 100 Å². The molecule has 8 heteroatoms. The van der Waals surface area contributed by atoms with Crippen LogP contribution in [0.4, 0.5) is 5.82 Å². The van der Waals surface area contributed by atoms with Crippen LogP contribution >= 0.6 is 0 Å². The Morgan fingerprint density at radius 2 is 2.23 bits per heavy atom. The number of hydrogen-bond acceptors (Lipinski definition) is 6. The first kappa shape index (κ1) is 18.3. The summed E-state index contributed by atoms with van der Waals surface area (Å²) in [6, 6.07) is 1.59. The normalized spacial score (nSPS) is 15.7. The van der Waals surface area contributed by atoms with Crippen LogP contribution in [0.15, 0.2) is 22.1 Å². The van der Waals surface area contributed by atoms with Gasteiger partial charge in [0.2, 0.25) is 0 Å². The number of aliphatic imine (C=N–C) groups is 1. The highest BCUT2D eigenvalue weighted by Crippen LogP contribution is 2.13. The van der Waals surface area contributed by atoms with Crippen molar-refractivity contribution in [3.05, 3.63) is 22.7 Å². The molecular weight excluding hydrogens is 288 g/mol. The summed E-state index contributed by atoms with van der Waals surface area (Å²) in [5, 5.41) is 19.0. The van der Waals surface area contributed by atoms with Gasteiger partial charge in [-0.05, 0) is 19.4 Å². The zero-order valence-corrected chi connectivity index (χ0v) is 13.4. The molecule has 1 rings (SSSR count). The van der Waals surface area contributed by atoms with E-state index in [4.69, 9.17) is 4.74 Å². The van der Waals surface area contributed by atoms with Crippen molar-refractivity contribution in [2.75, 3.05) is 20.7 Å². The first-order valence-corrected chi connectivity index (χ1v) is 7.13. The summed E-state index contributed by atoms with van der Waals surface area (Å²) in [5.74, 6) is 0.300. The quantitative estimate of drug-likeness (QED) is 0.523. The van der Waals surface area contributed by atoms with Crippen LogP contribution in [0.1, 0.15) is 26.5 Å². The molecule has 8 nitrogen and oxygen atoms in total. The molecule has 0 aliphatic carbocycles. The number of hydrogen-bond donors (Lipinski definition) is 2. The van der Waals surface area contributed by atoms with Gasteiger partial charge in [-0.2, -0.15) is 4.98 Å². The molecule has 0 radical (unpaired) electrons. The Bertz CT molecular complexity index is 544. The van der Waals surface area contributed by atoms with Crippen molar-refractivity contribution < 1.29 is 14.9 Å². The monoisotopic (exact) mass is 312 g/mol. The van der Waals surface area contributed by atoms with Crippen LogP contribution in [-0.4, -0.2) is 63.9 Å². The molecule has 124 valence electrons. The molecule has 0 aromatic carbocycles. The predicted molar refractivity (Wildman–Crippen MR) is 83.3 cm³/mol. The maximum atomic E-state index is 12.0. The maximum Gasteiger partial charge on any atom is 0.351 e. The number of aromatic nitrogens is 2. The van der Waals surface area contributed by atoms with E-state index in [1.54, 1.807) is 31.2 Å². The summed E-state index contributed by atoms with van der Waals surface area (Å²) in [6.45, 7) is 3.11. The van der Waals surface area contributed by atoms with Gasteiger partial charge < -0.3 is 19.8 Å². The SMILES string of the molecule is CC[C@@H](O)[C@@H](CO)OC(C)n1ccc(/N=C\N(C)C)nc1=O. The van der Waals surface area contributed by atoms with Gasteiger partial charge in [-0.15, -0.1) is 0 Å². The predicted octanol–water partition coefficient (Wildman–Crippen LogP) is 0.132. The van der Waals surface area contributed by atoms with Crippen LogP contribution < -0.4 is 5.69 Å². The Balaban J connectivity index is 2.86. The fourth-order valence-electron chi connectivity index (χ4n) is 1.76. The summed E-state index contributed by atoms with van der Waals surface area (Å²) in [7, 11) is 3.63. The standard InChI is InChI=1S/C14H24N4O4/c1-5-11(20)12(8-19)22-10(2)18-7-6-13(16-14(18)21)15-9-17(3)4/h6-7,9-12,19-20H,5,8H2,1-4H3/b15-9-/t10?,11-,12-/m1/s1. The number of aliphatic hydroxyl groups excluding tert-OH is 2. The lowest BCUT2D eigenvalue weighted by Gasteiger charge is -2.25. The molecule has 0 saturated carbocycles. The third-order valence-corrected chi connectivity index (χ3v) is 3.03. The third-order valence-electron chi connectivity index (χ3n) is 3.03. The summed E-state index contributed by atoms with van der Waals surface area (Å²) in [5.41, 5.74) is -0.511. The molecule has 0 bridgehead atoms. The van der Waals surface area contributed by atoms with Gasteiger partial charge in [0.15, 0.2) is 5.82 Å². The highest BCUT2D eigenvalue weighted by molar-refractivity contribution is 5.58. The van der Waals surface area contributed by atoms with E-state index < -0.39 is 24.1 Å².